The van der Waals surface area contributed by atoms with E-state index < -0.39 is 36.1 Å². The molecule has 0 radical (unpaired) electrons. The zero-order valence-electron chi connectivity index (χ0n) is 16.7. The van der Waals surface area contributed by atoms with E-state index in [1.165, 1.54) is 0 Å². The summed E-state index contributed by atoms with van der Waals surface area (Å²) < 4.78 is 10.8. The Hall–Kier alpha value is -2.94. The topological polar surface area (TPSA) is 105 Å². The van der Waals surface area contributed by atoms with Crippen LogP contribution in [0, 0.1) is 0 Å². The van der Waals surface area contributed by atoms with Gasteiger partial charge in [0.2, 0.25) is 6.10 Å². The number of nitrogens with one attached hydrogen (secondary N) is 1. The molecule has 0 aromatic heterocycles. The number of nitrogens with zero attached hydrogens (tertiary/aromatic N) is 2. The Morgan fingerprint density at radius 3 is 2.43 bits per heavy atom. The van der Waals surface area contributed by atoms with E-state index in [4.69, 9.17) is 9.47 Å². The number of esters is 1. The van der Waals surface area contributed by atoms with E-state index in [1.807, 2.05) is 0 Å². The van der Waals surface area contributed by atoms with Gasteiger partial charge in [-0.15, -0.1) is 0 Å². The molecule has 4 amide bonds. The molecule has 2 saturated heterocycles. The highest BCUT2D eigenvalue weighted by atomic mass is 16.5. The van der Waals surface area contributed by atoms with Gasteiger partial charge in [0.05, 0.1) is 13.2 Å². The van der Waals surface area contributed by atoms with Crippen LogP contribution in [0.2, 0.25) is 0 Å². The van der Waals surface area contributed by atoms with E-state index in [0.717, 1.165) is 17.7 Å². The smallest absolute Gasteiger partial charge is 0.327 e. The molecule has 9 nitrogen and oxygen atoms in total. The first-order valence-corrected chi connectivity index (χ1v) is 10.3. The molecule has 1 aromatic rings. The lowest BCUT2D eigenvalue weighted by Gasteiger charge is -2.30. The predicted octanol–water partition coefficient (Wildman–Crippen LogP) is 0.994. The third kappa shape index (κ3) is 3.89. The number of carbonyl (C=O) groups excluding carboxylic acids is 4. The second-order valence-electron chi connectivity index (χ2n) is 7.83. The molecule has 1 aromatic carbocycles. The van der Waals surface area contributed by atoms with Crippen LogP contribution in [0.5, 0.6) is 0 Å². The van der Waals surface area contributed by atoms with Gasteiger partial charge in [0.1, 0.15) is 12.1 Å². The average Bonchev–Trinajstić information content (AvgIpc) is 3.33. The zero-order valence-corrected chi connectivity index (χ0v) is 16.7. The second-order valence-corrected chi connectivity index (χ2v) is 7.83. The lowest BCUT2D eigenvalue weighted by Crippen LogP contribution is -2.45. The molecule has 1 saturated carbocycles. The molecule has 4 rings (SSSR count). The van der Waals surface area contributed by atoms with Crippen molar-refractivity contribution in [3.05, 3.63) is 35.9 Å². The van der Waals surface area contributed by atoms with Crippen molar-refractivity contribution in [2.24, 2.45) is 0 Å². The van der Waals surface area contributed by atoms with Crippen LogP contribution in [-0.4, -0.2) is 72.0 Å². The van der Waals surface area contributed by atoms with Crippen molar-refractivity contribution in [1.82, 2.24) is 15.1 Å². The Balaban J connectivity index is 1.47. The Kier molecular flexibility index (Phi) is 5.72. The maximum atomic E-state index is 13.0. The minimum atomic E-state index is -1.14. The molecule has 1 spiro atoms. The number of urea groups is 1. The van der Waals surface area contributed by atoms with Crippen LogP contribution >= 0.6 is 0 Å². The van der Waals surface area contributed by atoms with Crippen LogP contribution < -0.4 is 5.32 Å². The fourth-order valence-electron chi connectivity index (χ4n) is 4.27. The van der Waals surface area contributed by atoms with E-state index >= 15 is 0 Å². The fourth-order valence-corrected chi connectivity index (χ4v) is 4.27. The molecule has 160 valence electrons. The molecule has 2 aliphatic heterocycles. The van der Waals surface area contributed by atoms with Crippen molar-refractivity contribution in [2.75, 3.05) is 32.8 Å². The molecule has 0 bridgehead atoms. The number of benzene rings is 1. The van der Waals surface area contributed by atoms with Crippen LogP contribution in [0.3, 0.4) is 0 Å². The maximum absolute atomic E-state index is 13.0. The molecule has 1 atom stereocenters. The highest BCUT2D eigenvalue weighted by Crippen LogP contribution is 2.35. The standard InChI is InChI=1S/C21H25N3O6/c25-16(14-24-19(27)21(22-20(24)28)8-4-5-9-21)30-17(15-6-2-1-3-7-15)18(26)23-10-12-29-13-11-23/h1-3,6-7,17H,4-5,8-14H2,(H,22,28)/t17-/m1/s1. The van der Waals surface area contributed by atoms with Gasteiger partial charge in [-0.2, -0.15) is 0 Å². The summed E-state index contributed by atoms with van der Waals surface area (Å²) in [6.07, 6.45) is 1.72. The highest BCUT2D eigenvalue weighted by Gasteiger charge is 2.53. The van der Waals surface area contributed by atoms with Crippen LogP contribution in [0.1, 0.15) is 37.4 Å². The zero-order chi connectivity index (χ0) is 21.1. The molecule has 2 heterocycles. The van der Waals surface area contributed by atoms with Crippen molar-refractivity contribution in [1.29, 1.82) is 0 Å². The number of rotatable bonds is 5. The summed E-state index contributed by atoms with van der Waals surface area (Å²) in [5.74, 6) is -1.54. The van der Waals surface area contributed by atoms with Gasteiger partial charge >= 0.3 is 12.0 Å². The molecule has 1 aliphatic carbocycles. The number of morpholine rings is 1. The minimum absolute atomic E-state index is 0.345. The first-order valence-electron chi connectivity index (χ1n) is 10.3. The molecule has 30 heavy (non-hydrogen) atoms. The summed E-state index contributed by atoms with van der Waals surface area (Å²) in [4.78, 5) is 53.3. The Bertz CT molecular complexity index is 830. The van der Waals surface area contributed by atoms with Gasteiger partial charge in [-0.1, -0.05) is 43.2 Å². The number of amides is 4. The molecule has 0 unspecified atom stereocenters. The Morgan fingerprint density at radius 1 is 1.10 bits per heavy atom. The Morgan fingerprint density at radius 2 is 1.77 bits per heavy atom. The Labute approximate surface area is 174 Å². The first kappa shape index (κ1) is 20.3. The van der Waals surface area contributed by atoms with Crippen LogP contribution in [0.25, 0.3) is 0 Å². The van der Waals surface area contributed by atoms with Crippen LogP contribution in [-0.2, 0) is 23.9 Å². The van der Waals surface area contributed by atoms with Gasteiger partial charge in [0.15, 0.2) is 0 Å². The van der Waals surface area contributed by atoms with Gasteiger partial charge in [0.25, 0.3) is 11.8 Å². The summed E-state index contributed by atoms with van der Waals surface area (Å²) >= 11 is 0. The van der Waals surface area contributed by atoms with E-state index in [2.05, 4.69) is 5.32 Å². The van der Waals surface area contributed by atoms with Crippen LogP contribution in [0.15, 0.2) is 30.3 Å². The first-order chi connectivity index (χ1) is 14.5. The SMILES string of the molecule is O=C(CN1C(=O)NC2(CCCC2)C1=O)O[C@@H](C(=O)N1CCOCC1)c1ccccc1. The maximum Gasteiger partial charge on any atom is 0.327 e. The largest absolute Gasteiger partial charge is 0.446 e. The summed E-state index contributed by atoms with van der Waals surface area (Å²) in [5.41, 5.74) is -0.355. The van der Waals surface area contributed by atoms with Crippen molar-refractivity contribution in [3.8, 4) is 0 Å². The van der Waals surface area contributed by atoms with Gasteiger partial charge < -0.3 is 19.7 Å². The van der Waals surface area contributed by atoms with Gasteiger partial charge in [-0.05, 0) is 12.8 Å². The summed E-state index contributed by atoms with van der Waals surface area (Å²) in [6.45, 7) is 1.15. The number of carbonyl (C=O) groups is 4. The fraction of sp³-hybridized carbons (Fsp3) is 0.524. The molecular weight excluding hydrogens is 390 g/mol. The molecule has 3 aliphatic rings. The molecule has 9 heteroatoms. The van der Waals surface area contributed by atoms with Gasteiger partial charge in [-0.25, -0.2) is 4.79 Å². The second kappa shape index (κ2) is 8.43. The monoisotopic (exact) mass is 415 g/mol. The van der Waals surface area contributed by atoms with Gasteiger partial charge in [-0.3, -0.25) is 19.3 Å². The van der Waals surface area contributed by atoms with E-state index in [1.54, 1.807) is 35.2 Å². The number of imide groups is 1. The summed E-state index contributed by atoms with van der Waals surface area (Å²) in [7, 11) is 0. The number of hydrogen-bond acceptors (Lipinski definition) is 6. The van der Waals surface area contributed by atoms with Gasteiger partial charge in [0, 0.05) is 18.7 Å². The van der Waals surface area contributed by atoms with Crippen molar-refractivity contribution < 1.29 is 28.7 Å². The predicted molar refractivity (Wildman–Crippen MR) is 104 cm³/mol. The number of ether oxygens (including phenoxy) is 2. The van der Waals surface area contributed by atoms with E-state index in [0.29, 0.717) is 44.7 Å². The van der Waals surface area contributed by atoms with Crippen molar-refractivity contribution >= 4 is 23.8 Å². The van der Waals surface area contributed by atoms with Crippen LogP contribution in [0.4, 0.5) is 4.79 Å². The highest BCUT2D eigenvalue weighted by molar-refractivity contribution is 6.08. The van der Waals surface area contributed by atoms with E-state index in [-0.39, 0.29) is 5.91 Å². The third-order valence-corrected chi connectivity index (χ3v) is 5.89. The normalized spacial score (nSPS) is 21.6. The lowest BCUT2D eigenvalue weighted by molar-refractivity contribution is -0.163. The van der Waals surface area contributed by atoms with Crippen molar-refractivity contribution in [3.63, 3.8) is 0 Å². The third-order valence-electron chi connectivity index (χ3n) is 5.89. The molecule has 1 N–H and O–H groups in total. The van der Waals surface area contributed by atoms with E-state index in [9.17, 15) is 19.2 Å². The quantitative estimate of drug-likeness (QED) is 0.568. The minimum Gasteiger partial charge on any atom is -0.446 e. The van der Waals surface area contributed by atoms with Crippen molar-refractivity contribution in [2.45, 2.75) is 37.3 Å². The summed E-state index contributed by atoms with van der Waals surface area (Å²) in [6, 6.07) is 8.13. The number of hydrogen-bond donors (Lipinski definition) is 1. The molecular formula is C21H25N3O6. The average molecular weight is 415 g/mol. The summed E-state index contributed by atoms with van der Waals surface area (Å²) in [5, 5.41) is 2.73. The molecule has 3 fully saturated rings. The lowest BCUT2D eigenvalue weighted by atomic mass is 9.98.